The molecule has 2 amide bonds. The van der Waals surface area contributed by atoms with E-state index in [0.717, 1.165) is 24.0 Å². The lowest BCUT2D eigenvalue weighted by Gasteiger charge is -2.34. The topological polar surface area (TPSA) is 58.6 Å². The molecule has 1 heterocycles. The molecule has 2 fully saturated rings. The van der Waals surface area contributed by atoms with Crippen molar-refractivity contribution >= 4 is 11.8 Å². The highest BCUT2D eigenvalue weighted by molar-refractivity contribution is 6.01. The molecule has 5 nitrogen and oxygen atoms in total. The van der Waals surface area contributed by atoms with E-state index in [1.54, 1.807) is 0 Å². The number of fused-ring (bicyclic) bond motifs is 1. The minimum absolute atomic E-state index is 0.214. The number of hydroxylamine groups is 2. The van der Waals surface area contributed by atoms with Gasteiger partial charge in [-0.25, -0.2) is 0 Å². The van der Waals surface area contributed by atoms with Gasteiger partial charge in [0, 0.05) is 12.0 Å². The van der Waals surface area contributed by atoms with Gasteiger partial charge >= 0.3 is 0 Å². The van der Waals surface area contributed by atoms with Gasteiger partial charge in [-0.1, -0.05) is 81.4 Å². The van der Waals surface area contributed by atoms with Crippen LogP contribution >= 0.6 is 0 Å². The van der Waals surface area contributed by atoms with Crippen LogP contribution in [0.5, 0.6) is 0 Å². The number of benzene rings is 2. The Hall–Kier alpha value is -2.50. The highest BCUT2D eigenvalue weighted by atomic mass is 16.7. The van der Waals surface area contributed by atoms with E-state index in [0.29, 0.717) is 13.0 Å². The van der Waals surface area contributed by atoms with E-state index in [-0.39, 0.29) is 24.0 Å². The zero-order valence-electron chi connectivity index (χ0n) is 17.9. The molecule has 2 aromatic carbocycles. The summed E-state index contributed by atoms with van der Waals surface area (Å²) in [4.78, 5) is 32.7. The third-order valence-electron chi connectivity index (χ3n) is 6.30. The number of imide groups is 1. The second-order valence-electron chi connectivity index (χ2n) is 9.43. The largest absolute Gasteiger partial charge is 0.295 e. The van der Waals surface area contributed by atoms with E-state index >= 15 is 0 Å². The SMILES string of the molecule is CC(C)(C)C(=O)NC(=O)[C@@]12CCC[C@@H]1ON(Cc1ccccc1)[C@H]2c1ccccc1. The predicted molar refractivity (Wildman–Crippen MR) is 115 cm³/mol. The van der Waals surface area contributed by atoms with Crippen LogP contribution in [-0.2, 0) is 21.0 Å². The predicted octanol–water partition coefficient (Wildman–Crippen LogP) is 4.40. The summed E-state index contributed by atoms with van der Waals surface area (Å²) in [7, 11) is 0. The minimum atomic E-state index is -0.781. The molecule has 0 unspecified atom stereocenters. The first-order chi connectivity index (χ1) is 14.3. The van der Waals surface area contributed by atoms with Crippen LogP contribution in [-0.4, -0.2) is 23.0 Å². The Bertz CT molecular complexity index is 907. The first kappa shape index (κ1) is 20.8. The summed E-state index contributed by atoms with van der Waals surface area (Å²) in [5.41, 5.74) is 0.749. The van der Waals surface area contributed by atoms with Gasteiger partial charge < -0.3 is 0 Å². The van der Waals surface area contributed by atoms with Crippen molar-refractivity contribution in [3.05, 3.63) is 71.8 Å². The molecule has 30 heavy (non-hydrogen) atoms. The lowest BCUT2D eigenvalue weighted by atomic mass is 9.73. The standard InChI is InChI=1S/C25H30N2O3/c1-24(2,3)22(28)26-23(29)25-16-10-15-20(25)30-27(17-18-11-6-4-7-12-18)21(25)19-13-8-5-9-14-19/h4-9,11-14,20-21H,10,15-17H2,1-3H3,(H,26,28,29)/t20-,21-,25-/m0/s1. The first-order valence-electron chi connectivity index (χ1n) is 10.7. The van der Waals surface area contributed by atoms with Crippen molar-refractivity contribution in [2.24, 2.45) is 10.8 Å². The van der Waals surface area contributed by atoms with E-state index in [2.05, 4.69) is 17.4 Å². The molecular formula is C25H30N2O3. The van der Waals surface area contributed by atoms with Crippen molar-refractivity contribution in [3.8, 4) is 0 Å². The van der Waals surface area contributed by atoms with Crippen LogP contribution in [0.2, 0.25) is 0 Å². The number of carbonyl (C=O) groups is 2. The molecule has 2 aromatic rings. The molecule has 0 spiro atoms. The summed E-state index contributed by atoms with van der Waals surface area (Å²) in [5.74, 6) is -0.463. The second kappa shape index (κ2) is 7.97. The Morgan fingerprint density at radius 3 is 2.33 bits per heavy atom. The monoisotopic (exact) mass is 406 g/mol. The molecule has 1 saturated heterocycles. The minimum Gasteiger partial charge on any atom is -0.295 e. The van der Waals surface area contributed by atoms with E-state index in [4.69, 9.17) is 4.84 Å². The first-order valence-corrected chi connectivity index (χ1v) is 10.7. The average Bonchev–Trinajstić information content (AvgIpc) is 3.25. The van der Waals surface area contributed by atoms with Crippen LogP contribution in [0.25, 0.3) is 0 Å². The van der Waals surface area contributed by atoms with E-state index < -0.39 is 10.8 Å². The summed E-state index contributed by atoms with van der Waals surface area (Å²) in [6, 6.07) is 19.9. The van der Waals surface area contributed by atoms with Crippen LogP contribution in [0.1, 0.15) is 57.2 Å². The summed E-state index contributed by atoms with van der Waals surface area (Å²) in [5, 5.41) is 4.68. The van der Waals surface area contributed by atoms with Gasteiger partial charge in [0.25, 0.3) is 0 Å². The molecule has 0 aromatic heterocycles. The zero-order chi connectivity index (χ0) is 21.4. The van der Waals surface area contributed by atoms with Crippen LogP contribution in [0.4, 0.5) is 0 Å². The molecule has 0 radical (unpaired) electrons. The van der Waals surface area contributed by atoms with Crippen LogP contribution < -0.4 is 5.32 Å². The fourth-order valence-electron chi connectivity index (χ4n) is 4.72. The van der Waals surface area contributed by atoms with Crippen molar-refractivity contribution in [1.29, 1.82) is 0 Å². The molecule has 1 N–H and O–H groups in total. The molecule has 5 heteroatoms. The number of hydrogen-bond donors (Lipinski definition) is 1. The van der Waals surface area contributed by atoms with Gasteiger partial charge in [-0.15, -0.1) is 0 Å². The Balaban J connectivity index is 1.72. The van der Waals surface area contributed by atoms with Gasteiger partial charge in [-0.2, -0.15) is 5.06 Å². The van der Waals surface area contributed by atoms with Gasteiger partial charge in [0.05, 0.1) is 17.6 Å². The molecule has 0 bridgehead atoms. The normalized spacial score (nSPS) is 26.4. The number of carbonyl (C=O) groups excluding carboxylic acids is 2. The molecule has 2 aliphatic rings. The maximum atomic E-state index is 13.6. The average molecular weight is 407 g/mol. The smallest absolute Gasteiger partial charge is 0.237 e. The highest BCUT2D eigenvalue weighted by Crippen LogP contribution is 2.57. The quantitative estimate of drug-likeness (QED) is 0.817. The van der Waals surface area contributed by atoms with Crippen molar-refractivity contribution in [2.75, 3.05) is 0 Å². The summed E-state index contributed by atoms with van der Waals surface area (Å²) in [6.45, 7) is 6.04. The lowest BCUT2D eigenvalue weighted by molar-refractivity contribution is -0.171. The Morgan fingerprint density at radius 1 is 1.07 bits per heavy atom. The van der Waals surface area contributed by atoms with Crippen LogP contribution in [0.15, 0.2) is 60.7 Å². The van der Waals surface area contributed by atoms with E-state index in [1.807, 2.05) is 74.4 Å². The maximum absolute atomic E-state index is 13.6. The molecule has 3 atom stereocenters. The Morgan fingerprint density at radius 2 is 1.70 bits per heavy atom. The van der Waals surface area contributed by atoms with Crippen molar-refractivity contribution in [3.63, 3.8) is 0 Å². The molecule has 1 aliphatic heterocycles. The van der Waals surface area contributed by atoms with Gasteiger partial charge in [0.15, 0.2) is 0 Å². The summed E-state index contributed by atoms with van der Waals surface area (Å²) in [6.07, 6.45) is 2.18. The van der Waals surface area contributed by atoms with Gasteiger partial charge in [-0.3, -0.25) is 19.7 Å². The van der Waals surface area contributed by atoms with Gasteiger partial charge in [0.2, 0.25) is 11.8 Å². The Labute approximate surface area is 178 Å². The summed E-state index contributed by atoms with van der Waals surface area (Å²) < 4.78 is 0. The van der Waals surface area contributed by atoms with Crippen molar-refractivity contribution in [1.82, 2.24) is 10.4 Å². The maximum Gasteiger partial charge on any atom is 0.237 e. The lowest BCUT2D eigenvalue weighted by Crippen LogP contribution is -2.51. The Kier molecular flexibility index (Phi) is 5.51. The summed E-state index contributed by atoms with van der Waals surface area (Å²) >= 11 is 0. The fourth-order valence-corrected chi connectivity index (χ4v) is 4.72. The van der Waals surface area contributed by atoms with Crippen LogP contribution in [0, 0.1) is 10.8 Å². The van der Waals surface area contributed by atoms with Crippen LogP contribution in [0.3, 0.4) is 0 Å². The highest BCUT2D eigenvalue weighted by Gasteiger charge is 2.63. The molecule has 158 valence electrons. The molecule has 1 aliphatic carbocycles. The van der Waals surface area contributed by atoms with Gasteiger partial charge in [0.1, 0.15) is 0 Å². The third-order valence-corrected chi connectivity index (χ3v) is 6.30. The van der Waals surface area contributed by atoms with Crippen molar-refractivity contribution < 1.29 is 14.4 Å². The zero-order valence-corrected chi connectivity index (χ0v) is 17.9. The number of amides is 2. The molecular weight excluding hydrogens is 376 g/mol. The third kappa shape index (κ3) is 3.68. The number of nitrogens with one attached hydrogen (secondary N) is 1. The van der Waals surface area contributed by atoms with Gasteiger partial charge in [-0.05, 0) is 30.4 Å². The number of nitrogens with zero attached hydrogens (tertiary/aromatic N) is 1. The molecule has 4 rings (SSSR count). The number of rotatable bonds is 4. The fraction of sp³-hybridized carbons (Fsp3) is 0.440. The second-order valence-corrected chi connectivity index (χ2v) is 9.43. The number of hydrogen-bond acceptors (Lipinski definition) is 4. The van der Waals surface area contributed by atoms with Crippen molar-refractivity contribution in [2.45, 2.75) is 58.7 Å². The van der Waals surface area contributed by atoms with E-state index in [1.165, 1.54) is 0 Å². The van der Waals surface area contributed by atoms with E-state index in [9.17, 15) is 9.59 Å². The molecule has 1 saturated carbocycles.